The zero-order chi connectivity index (χ0) is 22.8. The summed E-state index contributed by atoms with van der Waals surface area (Å²) < 4.78 is 30.5. The van der Waals surface area contributed by atoms with Gasteiger partial charge in [0.15, 0.2) is 0 Å². The van der Waals surface area contributed by atoms with Crippen molar-refractivity contribution in [2.75, 3.05) is 0 Å². The van der Waals surface area contributed by atoms with E-state index in [0.29, 0.717) is 11.3 Å². The number of amides is 1. The van der Waals surface area contributed by atoms with Crippen LogP contribution in [0, 0.1) is 11.6 Å². The molecule has 0 radical (unpaired) electrons. The molecule has 0 bridgehead atoms. The Morgan fingerprint density at radius 1 is 0.909 bits per heavy atom. The third-order valence-electron chi connectivity index (χ3n) is 7.34. The van der Waals surface area contributed by atoms with Gasteiger partial charge in [-0.15, -0.1) is 0 Å². The zero-order valence-corrected chi connectivity index (χ0v) is 19.0. The number of nitrogens with zero attached hydrogens (tertiary/aromatic N) is 3. The molecular weight excluding hydrogens is 420 g/mol. The molecule has 0 aliphatic heterocycles. The lowest BCUT2D eigenvalue weighted by atomic mass is 9.88. The predicted molar refractivity (Wildman–Crippen MR) is 126 cm³/mol. The summed E-state index contributed by atoms with van der Waals surface area (Å²) in [5.41, 5.74) is 1.52. The number of para-hydroxylation sites is 2. The first-order valence-electron chi connectivity index (χ1n) is 12.3. The van der Waals surface area contributed by atoms with Gasteiger partial charge in [-0.2, -0.15) is 0 Å². The summed E-state index contributed by atoms with van der Waals surface area (Å²) in [5.74, 6) is -0.706. The first kappa shape index (κ1) is 22.1. The Hall–Kier alpha value is -2.76. The van der Waals surface area contributed by atoms with Gasteiger partial charge in [0.05, 0.1) is 16.6 Å². The largest absolute Gasteiger partial charge is 0.335 e. The van der Waals surface area contributed by atoms with Gasteiger partial charge in [0.1, 0.15) is 24.0 Å². The fourth-order valence-electron chi connectivity index (χ4n) is 5.75. The molecule has 2 saturated carbocycles. The molecule has 2 fully saturated rings. The van der Waals surface area contributed by atoms with E-state index in [4.69, 9.17) is 0 Å². The summed E-state index contributed by atoms with van der Waals surface area (Å²) in [7, 11) is 0. The van der Waals surface area contributed by atoms with Crippen molar-refractivity contribution in [3.63, 3.8) is 0 Å². The number of benzene rings is 2. The van der Waals surface area contributed by atoms with Gasteiger partial charge in [0.25, 0.3) is 0 Å². The smallest absolute Gasteiger partial charge is 0.243 e. The molecule has 1 amide bonds. The minimum atomic E-state index is -0.545. The number of carbonyl (C=O) groups excluding carboxylic acids is 1. The SMILES string of the molecule is O=C(Cn1c(-c2cc(F)ccc2F)nc2ccccc21)N(C1CCCCC1)C1CCCCC1. The number of hydrogen-bond acceptors (Lipinski definition) is 2. The first-order chi connectivity index (χ1) is 16.1. The van der Waals surface area contributed by atoms with Gasteiger partial charge in [-0.3, -0.25) is 4.79 Å². The van der Waals surface area contributed by atoms with E-state index in [1.54, 1.807) is 4.57 Å². The van der Waals surface area contributed by atoms with E-state index < -0.39 is 11.6 Å². The maximum Gasteiger partial charge on any atom is 0.243 e. The lowest BCUT2D eigenvalue weighted by Crippen LogP contribution is -2.50. The second kappa shape index (κ2) is 9.62. The number of fused-ring (bicyclic) bond motifs is 1. The number of carbonyl (C=O) groups is 1. The highest BCUT2D eigenvalue weighted by atomic mass is 19.1. The topological polar surface area (TPSA) is 38.1 Å². The lowest BCUT2D eigenvalue weighted by molar-refractivity contribution is -0.138. The monoisotopic (exact) mass is 451 g/mol. The van der Waals surface area contributed by atoms with Gasteiger partial charge < -0.3 is 9.47 Å². The standard InChI is InChI=1S/C27H31F2N3O/c28-19-15-16-23(29)22(17-19)27-30-24-13-7-8-14-25(24)31(27)18-26(33)32(20-9-3-1-4-10-20)21-11-5-2-6-12-21/h7-8,13-17,20-21H,1-6,9-12,18H2. The fraction of sp³-hybridized carbons (Fsp3) is 0.481. The minimum Gasteiger partial charge on any atom is -0.335 e. The summed E-state index contributed by atoms with van der Waals surface area (Å²) in [6.45, 7) is 0.0821. The van der Waals surface area contributed by atoms with Gasteiger partial charge >= 0.3 is 0 Å². The average molecular weight is 452 g/mol. The van der Waals surface area contributed by atoms with Crippen LogP contribution in [0.15, 0.2) is 42.5 Å². The highest BCUT2D eigenvalue weighted by molar-refractivity contribution is 5.85. The second-order valence-corrected chi connectivity index (χ2v) is 9.52. The third-order valence-corrected chi connectivity index (χ3v) is 7.34. The Morgan fingerprint density at radius 2 is 1.55 bits per heavy atom. The highest BCUT2D eigenvalue weighted by Crippen LogP contribution is 2.32. The van der Waals surface area contributed by atoms with Crippen molar-refractivity contribution in [3.8, 4) is 11.4 Å². The van der Waals surface area contributed by atoms with Crippen molar-refractivity contribution >= 4 is 16.9 Å². The van der Waals surface area contributed by atoms with Crippen molar-refractivity contribution in [1.29, 1.82) is 0 Å². The second-order valence-electron chi connectivity index (χ2n) is 9.52. The molecule has 2 aliphatic rings. The quantitative estimate of drug-likeness (QED) is 0.446. The molecule has 0 saturated heterocycles. The summed E-state index contributed by atoms with van der Waals surface area (Å²) in [5, 5.41) is 0. The number of imidazole rings is 1. The van der Waals surface area contributed by atoms with E-state index >= 15 is 0 Å². The van der Waals surface area contributed by atoms with Gasteiger partial charge in [0.2, 0.25) is 5.91 Å². The van der Waals surface area contributed by atoms with Gasteiger partial charge in [-0.1, -0.05) is 50.7 Å². The average Bonchev–Trinajstić information content (AvgIpc) is 3.20. The zero-order valence-electron chi connectivity index (χ0n) is 19.0. The molecule has 3 aromatic rings. The van der Waals surface area contributed by atoms with Crippen LogP contribution in [-0.2, 0) is 11.3 Å². The molecule has 4 nitrogen and oxygen atoms in total. The normalized spacial score (nSPS) is 18.0. The summed E-state index contributed by atoms with van der Waals surface area (Å²) in [4.78, 5) is 20.7. The molecule has 33 heavy (non-hydrogen) atoms. The summed E-state index contributed by atoms with van der Waals surface area (Å²) in [6.07, 6.45) is 11.3. The van der Waals surface area contributed by atoms with E-state index in [1.165, 1.54) is 12.8 Å². The third kappa shape index (κ3) is 4.53. The van der Waals surface area contributed by atoms with Crippen molar-refractivity contribution in [2.24, 2.45) is 0 Å². The van der Waals surface area contributed by atoms with Crippen molar-refractivity contribution < 1.29 is 13.6 Å². The van der Waals surface area contributed by atoms with E-state index in [2.05, 4.69) is 9.88 Å². The summed E-state index contributed by atoms with van der Waals surface area (Å²) >= 11 is 0. The van der Waals surface area contributed by atoms with Crippen LogP contribution in [-0.4, -0.2) is 32.4 Å². The first-order valence-corrected chi connectivity index (χ1v) is 12.3. The van der Waals surface area contributed by atoms with Crippen LogP contribution < -0.4 is 0 Å². The van der Waals surface area contributed by atoms with Crippen LogP contribution >= 0.6 is 0 Å². The van der Waals surface area contributed by atoms with E-state index in [0.717, 1.165) is 75.1 Å². The molecule has 5 rings (SSSR count). The molecule has 6 heteroatoms. The Kier molecular flexibility index (Phi) is 6.43. The number of halogens is 2. The fourth-order valence-corrected chi connectivity index (χ4v) is 5.75. The van der Waals surface area contributed by atoms with Crippen molar-refractivity contribution in [2.45, 2.75) is 82.8 Å². The number of rotatable bonds is 5. The van der Waals surface area contributed by atoms with Crippen molar-refractivity contribution in [1.82, 2.24) is 14.5 Å². The van der Waals surface area contributed by atoms with E-state index in [1.807, 2.05) is 24.3 Å². The van der Waals surface area contributed by atoms with Gasteiger partial charge in [0, 0.05) is 12.1 Å². The van der Waals surface area contributed by atoms with Crippen LogP contribution in [0.25, 0.3) is 22.4 Å². The molecule has 2 aromatic carbocycles. The summed E-state index contributed by atoms with van der Waals surface area (Å²) in [6, 6.07) is 11.4. The Labute approximate surface area is 193 Å². The predicted octanol–water partition coefficient (Wildman–Crippen LogP) is 6.48. The molecule has 0 spiro atoms. The van der Waals surface area contributed by atoms with Crippen molar-refractivity contribution in [3.05, 3.63) is 54.1 Å². The minimum absolute atomic E-state index is 0.0648. The van der Waals surface area contributed by atoms with Crippen LogP contribution in [0.5, 0.6) is 0 Å². The molecule has 1 heterocycles. The molecule has 1 aromatic heterocycles. The van der Waals surface area contributed by atoms with Gasteiger partial charge in [-0.05, 0) is 56.0 Å². The Balaban J connectivity index is 1.54. The molecular formula is C27H31F2N3O. The van der Waals surface area contributed by atoms with Crippen LogP contribution in [0.2, 0.25) is 0 Å². The molecule has 0 unspecified atom stereocenters. The molecule has 2 aliphatic carbocycles. The van der Waals surface area contributed by atoms with E-state index in [-0.39, 0.29) is 30.1 Å². The lowest BCUT2D eigenvalue weighted by Gasteiger charge is -2.42. The maximum atomic E-state index is 14.7. The number of hydrogen-bond donors (Lipinski definition) is 0. The molecule has 174 valence electrons. The molecule has 0 atom stereocenters. The van der Waals surface area contributed by atoms with Crippen LogP contribution in [0.4, 0.5) is 8.78 Å². The Morgan fingerprint density at radius 3 is 2.21 bits per heavy atom. The highest BCUT2D eigenvalue weighted by Gasteiger charge is 2.33. The van der Waals surface area contributed by atoms with Crippen LogP contribution in [0.3, 0.4) is 0 Å². The number of aromatic nitrogens is 2. The Bertz CT molecular complexity index is 1110. The van der Waals surface area contributed by atoms with Gasteiger partial charge in [-0.25, -0.2) is 13.8 Å². The maximum absolute atomic E-state index is 14.7. The van der Waals surface area contributed by atoms with E-state index in [9.17, 15) is 13.6 Å². The molecule has 0 N–H and O–H groups in total. The van der Waals surface area contributed by atoms with Crippen LogP contribution in [0.1, 0.15) is 64.2 Å².